The zero-order chi connectivity index (χ0) is 25.6. The molecule has 0 aliphatic carbocycles. The molecule has 0 bridgehead atoms. The van der Waals surface area contributed by atoms with E-state index in [4.69, 9.17) is 4.74 Å². The predicted molar refractivity (Wildman–Crippen MR) is 155 cm³/mol. The lowest BCUT2D eigenvalue weighted by Gasteiger charge is -2.23. The molecule has 196 valence electrons. The van der Waals surface area contributed by atoms with Crippen molar-refractivity contribution < 1.29 is 14.0 Å². The minimum atomic E-state index is -0.0826. The predicted octanol–water partition coefficient (Wildman–Crippen LogP) is 8.46. The molecule has 0 rings (SSSR count). The second kappa shape index (κ2) is 32.9. The van der Waals surface area contributed by atoms with Crippen LogP contribution in [0.3, 0.4) is 0 Å². The molecule has 0 spiro atoms. The zero-order valence-electron chi connectivity index (χ0n) is 22.5. The molecule has 0 saturated carbocycles. The van der Waals surface area contributed by atoms with Crippen LogP contribution >= 0.6 is 0 Å². The number of likely N-dealkylation sites (N-methyl/N-ethyl adjacent to an activating group) is 1. The standard InChI is InChI=1S/C25H42NO2.C3H8.C2H2.CH4/c1-5-6-7-8-9-10-11-12-13-14-15-16-17-18-19-20-21-22-25(27)28-24-23-26(2,3)4;1-3-2;1-2;/h6-7,9-10,12-13,15-16,18-19H,5,8,11,14,17,20-24H2,1-4H3;3H2,1-2H3;1-2H;1H4/q+1;;;/b7-6-,10-9-,13-12-,16-15-,19-18-;;;. The Morgan fingerprint density at radius 3 is 1.50 bits per heavy atom. The molecule has 0 fully saturated rings. The van der Waals surface area contributed by atoms with Gasteiger partial charge in [-0.1, -0.05) is 95.4 Å². The molecule has 0 saturated heterocycles. The molecule has 0 aliphatic heterocycles. The summed E-state index contributed by atoms with van der Waals surface area (Å²) >= 11 is 0. The van der Waals surface area contributed by atoms with Gasteiger partial charge in [-0.2, -0.15) is 0 Å². The molecular weight excluding hydrogens is 418 g/mol. The Kier molecular flexibility index (Phi) is 37.6. The number of nitrogens with zero attached hydrogens (tertiary/aromatic N) is 1. The van der Waals surface area contributed by atoms with Gasteiger partial charge in [-0.25, -0.2) is 0 Å². The van der Waals surface area contributed by atoms with Crippen LogP contribution in [0.2, 0.25) is 0 Å². The smallest absolute Gasteiger partial charge is 0.306 e. The number of allylic oxidation sites excluding steroid dienone is 10. The monoisotopic (exact) mass is 474 g/mol. The average molecular weight is 475 g/mol. The summed E-state index contributed by atoms with van der Waals surface area (Å²) in [4.78, 5) is 11.6. The van der Waals surface area contributed by atoms with Crippen LogP contribution in [-0.2, 0) is 9.53 Å². The van der Waals surface area contributed by atoms with Crippen molar-refractivity contribution in [2.24, 2.45) is 0 Å². The second-order valence-corrected chi connectivity index (χ2v) is 8.54. The summed E-state index contributed by atoms with van der Waals surface area (Å²) in [5.41, 5.74) is 0. The maximum Gasteiger partial charge on any atom is 0.306 e. The Morgan fingerprint density at radius 1 is 0.735 bits per heavy atom. The van der Waals surface area contributed by atoms with Crippen molar-refractivity contribution in [3.05, 3.63) is 60.8 Å². The Balaban J connectivity index is -0.000000689. The Labute approximate surface area is 214 Å². The maximum absolute atomic E-state index is 11.6. The van der Waals surface area contributed by atoms with Crippen molar-refractivity contribution in [1.82, 2.24) is 0 Å². The SMILES string of the molecule is C.C#C.CC/C=C\C/C=C\C/C=C\C/C=C\C/C=C\CCCC(=O)OCC[N+](C)(C)C.CCC. The van der Waals surface area contributed by atoms with Gasteiger partial charge in [0.2, 0.25) is 0 Å². The van der Waals surface area contributed by atoms with Crippen molar-refractivity contribution in [3.8, 4) is 12.8 Å². The fourth-order valence-corrected chi connectivity index (χ4v) is 2.24. The number of carbonyl (C=O) groups excluding carboxylic acids is 1. The summed E-state index contributed by atoms with van der Waals surface area (Å²) in [5.74, 6) is -0.0826. The van der Waals surface area contributed by atoms with E-state index in [2.05, 4.69) is 116 Å². The third kappa shape index (κ3) is 43.5. The van der Waals surface area contributed by atoms with Gasteiger partial charge in [0.25, 0.3) is 0 Å². The normalized spacial score (nSPS) is 11.4. The van der Waals surface area contributed by atoms with E-state index in [-0.39, 0.29) is 13.4 Å². The number of quaternary nitrogens is 1. The minimum absolute atomic E-state index is 0. The Bertz CT molecular complexity index is 572. The molecule has 0 heterocycles. The third-order valence-corrected chi connectivity index (χ3v) is 3.93. The van der Waals surface area contributed by atoms with E-state index in [1.807, 2.05) is 0 Å². The molecule has 0 aliphatic rings. The van der Waals surface area contributed by atoms with E-state index in [0.29, 0.717) is 13.0 Å². The highest BCUT2D eigenvalue weighted by Crippen LogP contribution is 2.01. The zero-order valence-corrected chi connectivity index (χ0v) is 22.5. The maximum atomic E-state index is 11.6. The van der Waals surface area contributed by atoms with Crippen molar-refractivity contribution in [1.29, 1.82) is 0 Å². The lowest BCUT2D eigenvalue weighted by Crippen LogP contribution is -2.37. The van der Waals surface area contributed by atoms with Crippen LogP contribution in [-0.4, -0.2) is 44.7 Å². The lowest BCUT2D eigenvalue weighted by molar-refractivity contribution is -0.870. The van der Waals surface area contributed by atoms with Crippen LogP contribution in [0, 0.1) is 12.8 Å². The molecule has 0 aromatic carbocycles. The molecular formula is C31H56NO2+. The minimum Gasteiger partial charge on any atom is -0.460 e. The summed E-state index contributed by atoms with van der Waals surface area (Å²) in [6.07, 6.45) is 38.5. The van der Waals surface area contributed by atoms with Crippen molar-refractivity contribution in [2.75, 3.05) is 34.3 Å². The van der Waals surface area contributed by atoms with E-state index < -0.39 is 0 Å². The number of hydrogen-bond donors (Lipinski definition) is 0. The largest absolute Gasteiger partial charge is 0.460 e. The first-order valence-corrected chi connectivity index (χ1v) is 12.4. The number of hydrogen-bond acceptors (Lipinski definition) is 2. The van der Waals surface area contributed by atoms with Gasteiger partial charge in [0.05, 0.1) is 21.1 Å². The average Bonchev–Trinajstić information content (AvgIpc) is 2.77. The van der Waals surface area contributed by atoms with Gasteiger partial charge < -0.3 is 9.22 Å². The van der Waals surface area contributed by atoms with Crippen molar-refractivity contribution >= 4 is 5.97 Å². The van der Waals surface area contributed by atoms with E-state index >= 15 is 0 Å². The number of esters is 1. The van der Waals surface area contributed by atoms with E-state index in [0.717, 1.165) is 56.0 Å². The summed E-state index contributed by atoms with van der Waals surface area (Å²) < 4.78 is 6.06. The molecule has 34 heavy (non-hydrogen) atoms. The van der Waals surface area contributed by atoms with Gasteiger partial charge >= 0.3 is 5.97 Å². The highest BCUT2D eigenvalue weighted by molar-refractivity contribution is 5.69. The summed E-state index contributed by atoms with van der Waals surface area (Å²) in [7, 11) is 6.28. The van der Waals surface area contributed by atoms with Crippen LogP contribution in [0.5, 0.6) is 0 Å². The molecule has 0 atom stereocenters. The summed E-state index contributed by atoms with van der Waals surface area (Å²) in [6.45, 7) is 7.75. The van der Waals surface area contributed by atoms with Gasteiger partial charge in [0.1, 0.15) is 13.2 Å². The number of unbranched alkanes of at least 4 members (excludes halogenated alkanes) is 1. The van der Waals surface area contributed by atoms with Crippen molar-refractivity contribution in [3.63, 3.8) is 0 Å². The fraction of sp³-hybridized carbons (Fsp3) is 0.581. The second-order valence-electron chi connectivity index (χ2n) is 8.54. The van der Waals surface area contributed by atoms with Crippen LogP contribution in [0.4, 0.5) is 0 Å². The topological polar surface area (TPSA) is 26.3 Å². The molecule has 0 radical (unpaired) electrons. The lowest BCUT2D eigenvalue weighted by atomic mass is 10.2. The first-order chi connectivity index (χ1) is 15.9. The third-order valence-electron chi connectivity index (χ3n) is 3.93. The molecule has 0 unspecified atom stereocenters. The number of terminal acetylenes is 1. The molecule has 0 amide bonds. The van der Waals surface area contributed by atoms with Crippen molar-refractivity contribution in [2.45, 2.75) is 86.0 Å². The number of ether oxygens (including phenoxy) is 1. The highest BCUT2D eigenvalue weighted by atomic mass is 16.5. The molecule has 3 nitrogen and oxygen atoms in total. The van der Waals surface area contributed by atoms with Crippen LogP contribution in [0.15, 0.2) is 60.8 Å². The molecule has 0 N–H and O–H groups in total. The van der Waals surface area contributed by atoms with Gasteiger partial charge in [0.15, 0.2) is 0 Å². The summed E-state index contributed by atoms with van der Waals surface area (Å²) in [5, 5.41) is 0. The van der Waals surface area contributed by atoms with E-state index in [1.54, 1.807) is 0 Å². The molecule has 3 heteroatoms. The van der Waals surface area contributed by atoms with Gasteiger partial charge in [-0.3, -0.25) is 4.79 Å². The van der Waals surface area contributed by atoms with E-state index in [1.165, 1.54) is 6.42 Å². The Hall–Kier alpha value is -2.31. The first kappa shape index (κ1) is 38.9. The van der Waals surface area contributed by atoms with E-state index in [9.17, 15) is 4.79 Å². The van der Waals surface area contributed by atoms with Crippen LogP contribution in [0.1, 0.15) is 86.0 Å². The van der Waals surface area contributed by atoms with Crippen LogP contribution in [0.25, 0.3) is 0 Å². The summed E-state index contributed by atoms with van der Waals surface area (Å²) in [6, 6.07) is 0. The fourth-order valence-electron chi connectivity index (χ4n) is 2.24. The first-order valence-electron chi connectivity index (χ1n) is 12.4. The van der Waals surface area contributed by atoms with Gasteiger partial charge in [-0.15, -0.1) is 12.8 Å². The Morgan fingerprint density at radius 2 is 1.12 bits per heavy atom. The molecule has 0 aromatic heterocycles. The number of rotatable bonds is 16. The van der Waals surface area contributed by atoms with Gasteiger partial charge in [-0.05, 0) is 44.9 Å². The van der Waals surface area contributed by atoms with Crippen LogP contribution < -0.4 is 0 Å². The number of carbonyl (C=O) groups is 1. The van der Waals surface area contributed by atoms with Gasteiger partial charge in [0, 0.05) is 6.42 Å². The quantitative estimate of drug-likeness (QED) is 0.0737. The highest BCUT2D eigenvalue weighted by Gasteiger charge is 2.08. The molecule has 0 aromatic rings.